The molecule has 0 aromatic carbocycles. The topological polar surface area (TPSA) is 42.3 Å². The van der Waals surface area contributed by atoms with Crippen molar-refractivity contribution < 1.29 is 9.59 Å². The molecule has 1 fully saturated rings. The van der Waals surface area contributed by atoms with Crippen molar-refractivity contribution in [2.24, 2.45) is 0 Å². The van der Waals surface area contributed by atoms with Crippen LogP contribution in [0.1, 0.15) is 43.5 Å². The molecule has 0 aliphatic heterocycles. The number of carbonyl (C=O) groups excluding carboxylic acids is 2. The zero-order valence-electron chi connectivity index (χ0n) is 11.1. The van der Waals surface area contributed by atoms with E-state index in [1.807, 2.05) is 24.9 Å². The first-order chi connectivity index (χ1) is 8.65. The summed E-state index contributed by atoms with van der Waals surface area (Å²) in [6.07, 6.45) is 6.34. The summed E-state index contributed by atoms with van der Waals surface area (Å²) >= 11 is 0. The molecule has 1 amide bonds. The van der Waals surface area contributed by atoms with E-state index in [4.69, 9.17) is 0 Å². The van der Waals surface area contributed by atoms with Gasteiger partial charge in [-0.3, -0.25) is 9.59 Å². The average molecular weight is 248 g/mol. The molecular weight excluding hydrogens is 228 g/mol. The summed E-state index contributed by atoms with van der Waals surface area (Å²) in [7, 11) is 0. The third-order valence-electron chi connectivity index (χ3n) is 3.36. The molecule has 0 bridgehead atoms. The Balaban J connectivity index is 1.98. The fourth-order valence-corrected chi connectivity index (χ4v) is 2.18. The van der Waals surface area contributed by atoms with Gasteiger partial charge in [-0.1, -0.05) is 6.92 Å². The lowest BCUT2D eigenvalue weighted by Crippen LogP contribution is -2.35. The Morgan fingerprint density at radius 3 is 2.67 bits per heavy atom. The van der Waals surface area contributed by atoms with Crippen LogP contribution in [0, 0.1) is 0 Å². The summed E-state index contributed by atoms with van der Waals surface area (Å²) in [6.45, 7) is 4.96. The van der Waals surface area contributed by atoms with Crippen LogP contribution in [-0.2, 0) is 11.3 Å². The van der Waals surface area contributed by atoms with Crippen LogP contribution < -0.4 is 0 Å². The summed E-state index contributed by atoms with van der Waals surface area (Å²) in [6, 6.07) is 2.24. The van der Waals surface area contributed by atoms with Crippen molar-refractivity contribution in [3.63, 3.8) is 0 Å². The van der Waals surface area contributed by atoms with Crippen molar-refractivity contribution in [2.45, 2.75) is 45.7 Å². The van der Waals surface area contributed by atoms with E-state index in [1.165, 1.54) is 0 Å². The quantitative estimate of drug-likeness (QED) is 0.723. The van der Waals surface area contributed by atoms with Gasteiger partial charge in [0.15, 0.2) is 5.78 Å². The van der Waals surface area contributed by atoms with E-state index in [1.54, 1.807) is 16.8 Å². The van der Waals surface area contributed by atoms with Crippen molar-refractivity contribution in [3.05, 3.63) is 24.0 Å². The highest BCUT2D eigenvalue weighted by molar-refractivity contribution is 5.95. The van der Waals surface area contributed by atoms with Crippen LogP contribution in [0.15, 0.2) is 18.5 Å². The third kappa shape index (κ3) is 2.81. The number of nitrogens with zero attached hydrogens (tertiary/aromatic N) is 2. The fraction of sp³-hybridized carbons (Fsp3) is 0.571. The van der Waals surface area contributed by atoms with Crippen molar-refractivity contribution in [1.29, 1.82) is 0 Å². The lowest BCUT2D eigenvalue weighted by Gasteiger charge is -2.20. The highest BCUT2D eigenvalue weighted by Crippen LogP contribution is 2.26. The van der Waals surface area contributed by atoms with Gasteiger partial charge in [0.25, 0.3) is 0 Å². The standard InChI is InChI=1S/C14H20N2O2/c1-3-13(17)11-7-8-15(9-11)10-14(18)16(4-2)12-5-6-12/h7-9,12H,3-6,10H2,1-2H3. The number of hydrogen-bond acceptors (Lipinski definition) is 2. The SMILES string of the molecule is CCC(=O)c1ccn(CC(=O)N(CC)C2CC2)c1. The van der Waals surface area contributed by atoms with Crippen molar-refractivity contribution in [2.75, 3.05) is 6.54 Å². The average Bonchev–Trinajstić information content (AvgIpc) is 3.08. The molecule has 4 nitrogen and oxygen atoms in total. The molecule has 1 aromatic heterocycles. The summed E-state index contributed by atoms with van der Waals surface area (Å²) in [5.41, 5.74) is 0.694. The second kappa shape index (κ2) is 5.38. The van der Waals surface area contributed by atoms with E-state index >= 15 is 0 Å². The maximum absolute atomic E-state index is 12.1. The Morgan fingerprint density at radius 1 is 1.39 bits per heavy atom. The number of amides is 1. The van der Waals surface area contributed by atoms with Gasteiger partial charge < -0.3 is 9.47 Å². The first kappa shape index (κ1) is 12.9. The summed E-state index contributed by atoms with van der Waals surface area (Å²) in [5, 5.41) is 0. The van der Waals surface area contributed by atoms with Crippen LogP contribution in [0.3, 0.4) is 0 Å². The maximum Gasteiger partial charge on any atom is 0.242 e. The van der Waals surface area contributed by atoms with Gasteiger partial charge in [0, 0.05) is 37.0 Å². The predicted octanol–water partition coefficient (Wildman–Crippen LogP) is 2.09. The summed E-state index contributed by atoms with van der Waals surface area (Å²) < 4.78 is 1.80. The monoisotopic (exact) mass is 248 g/mol. The van der Waals surface area contributed by atoms with Gasteiger partial charge in [0.1, 0.15) is 6.54 Å². The molecule has 0 saturated heterocycles. The molecule has 0 spiro atoms. The molecule has 2 rings (SSSR count). The Bertz CT molecular complexity index is 446. The van der Waals surface area contributed by atoms with Gasteiger partial charge >= 0.3 is 0 Å². The van der Waals surface area contributed by atoms with E-state index in [0.717, 1.165) is 19.4 Å². The van der Waals surface area contributed by atoms with Gasteiger partial charge in [-0.15, -0.1) is 0 Å². The Labute approximate surface area is 108 Å². The van der Waals surface area contributed by atoms with E-state index < -0.39 is 0 Å². The highest BCUT2D eigenvalue weighted by Gasteiger charge is 2.31. The zero-order chi connectivity index (χ0) is 13.1. The molecule has 0 N–H and O–H groups in total. The molecule has 18 heavy (non-hydrogen) atoms. The van der Waals surface area contributed by atoms with Gasteiger partial charge in [0.2, 0.25) is 5.91 Å². The smallest absolute Gasteiger partial charge is 0.242 e. The van der Waals surface area contributed by atoms with E-state index in [9.17, 15) is 9.59 Å². The number of likely N-dealkylation sites (N-methyl/N-ethyl adjacent to an activating group) is 1. The summed E-state index contributed by atoms with van der Waals surface area (Å²) in [4.78, 5) is 25.5. The molecule has 0 atom stereocenters. The number of hydrogen-bond donors (Lipinski definition) is 0. The van der Waals surface area contributed by atoms with Crippen molar-refractivity contribution in [3.8, 4) is 0 Å². The number of rotatable bonds is 6. The van der Waals surface area contributed by atoms with E-state index in [-0.39, 0.29) is 11.7 Å². The first-order valence-corrected chi connectivity index (χ1v) is 6.64. The normalized spacial score (nSPS) is 14.6. The van der Waals surface area contributed by atoms with Gasteiger partial charge in [-0.2, -0.15) is 0 Å². The minimum Gasteiger partial charge on any atom is -0.344 e. The fourth-order valence-electron chi connectivity index (χ4n) is 2.18. The third-order valence-corrected chi connectivity index (χ3v) is 3.36. The maximum atomic E-state index is 12.1. The number of Topliss-reactive ketones (excluding diaryl/α,β-unsaturated/α-hetero) is 1. The van der Waals surface area contributed by atoms with E-state index in [0.29, 0.717) is 24.6 Å². The minimum atomic E-state index is 0.121. The first-order valence-electron chi connectivity index (χ1n) is 6.64. The van der Waals surface area contributed by atoms with Crippen molar-refractivity contribution in [1.82, 2.24) is 9.47 Å². The number of aromatic nitrogens is 1. The molecule has 1 aromatic rings. The molecular formula is C14H20N2O2. The predicted molar refractivity (Wildman–Crippen MR) is 69.5 cm³/mol. The summed E-state index contributed by atoms with van der Waals surface area (Å²) in [5.74, 6) is 0.266. The molecule has 1 heterocycles. The Morgan fingerprint density at radius 2 is 2.11 bits per heavy atom. The van der Waals surface area contributed by atoms with Gasteiger partial charge in [-0.25, -0.2) is 0 Å². The molecule has 1 aliphatic carbocycles. The molecule has 1 saturated carbocycles. The Kier molecular flexibility index (Phi) is 3.84. The lowest BCUT2D eigenvalue weighted by atomic mass is 10.2. The highest BCUT2D eigenvalue weighted by atomic mass is 16.2. The van der Waals surface area contributed by atoms with Crippen molar-refractivity contribution >= 4 is 11.7 Å². The van der Waals surface area contributed by atoms with E-state index in [2.05, 4.69) is 0 Å². The number of ketones is 1. The molecule has 4 heteroatoms. The van der Waals surface area contributed by atoms with Gasteiger partial charge in [0.05, 0.1) is 0 Å². The molecule has 98 valence electrons. The molecule has 1 aliphatic rings. The largest absolute Gasteiger partial charge is 0.344 e. The second-order valence-electron chi connectivity index (χ2n) is 4.76. The van der Waals surface area contributed by atoms with Crippen LogP contribution >= 0.6 is 0 Å². The lowest BCUT2D eigenvalue weighted by molar-refractivity contribution is -0.132. The Hall–Kier alpha value is -1.58. The van der Waals surface area contributed by atoms with Crippen LogP contribution in [0.2, 0.25) is 0 Å². The van der Waals surface area contributed by atoms with Gasteiger partial charge in [-0.05, 0) is 25.8 Å². The zero-order valence-corrected chi connectivity index (χ0v) is 11.1. The number of carbonyl (C=O) groups is 2. The van der Waals surface area contributed by atoms with Crippen LogP contribution in [0.4, 0.5) is 0 Å². The van der Waals surface area contributed by atoms with Crippen LogP contribution in [0.25, 0.3) is 0 Å². The molecule has 0 unspecified atom stereocenters. The second-order valence-corrected chi connectivity index (χ2v) is 4.76. The van der Waals surface area contributed by atoms with Crippen LogP contribution in [-0.4, -0.2) is 33.7 Å². The van der Waals surface area contributed by atoms with Crippen LogP contribution in [0.5, 0.6) is 0 Å². The minimum absolute atomic E-state index is 0.121. The molecule has 0 radical (unpaired) electrons.